The summed E-state index contributed by atoms with van der Waals surface area (Å²) in [6.45, 7) is 8.85. The van der Waals surface area contributed by atoms with Crippen LogP contribution in [0.15, 0.2) is 4.47 Å². The zero-order valence-corrected chi connectivity index (χ0v) is 14.5. The molecule has 0 saturated heterocycles. The fraction of sp³-hybridized carbons (Fsp3) is 0.812. The van der Waals surface area contributed by atoms with Gasteiger partial charge in [-0.05, 0) is 73.2 Å². The third-order valence-corrected chi connectivity index (χ3v) is 5.99. The molecule has 2 saturated carbocycles. The number of nitrogens with zero attached hydrogens (tertiary/aromatic N) is 2. The minimum Gasteiger partial charge on any atom is -0.313 e. The quantitative estimate of drug-likeness (QED) is 0.821. The van der Waals surface area contributed by atoms with E-state index in [0.29, 0.717) is 5.41 Å². The molecule has 3 rings (SSSR count). The molecule has 4 heteroatoms. The van der Waals surface area contributed by atoms with E-state index in [9.17, 15) is 0 Å². The first kappa shape index (κ1) is 14.6. The average Bonchev–Trinajstić information content (AvgIpc) is 3.30. The fourth-order valence-electron chi connectivity index (χ4n) is 3.22. The molecule has 2 aliphatic rings. The van der Waals surface area contributed by atoms with Crippen LogP contribution in [-0.4, -0.2) is 22.4 Å². The lowest BCUT2D eigenvalue weighted by Crippen LogP contribution is -2.37. The Balaban J connectivity index is 1.78. The second kappa shape index (κ2) is 5.45. The van der Waals surface area contributed by atoms with Gasteiger partial charge in [-0.3, -0.25) is 4.68 Å². The zero-order valence-electron chi connectivity index (χ0n) is 12.9. The summed E-state index contributed by atoms with van der Waals surface area (Å²) in [7, 11) is 0. The van der Waals surface area contributed by atoms with E-state index in [4.69, 9.17) is 0 Å². The Morgan fingerprint density at radius 1 is 1.35 bits per heavy atom. The van der Waals surface area contributed by atoms with Crippen molar-refractivity contribution in [3.05, 3.63) is 15.9 Å². The van der Waals surface area contributed by atoms with Crippen LogP contribution in [0, 0.1) is 18.3 Å². The Kier molecular flexibility index (Phi) is 3.97. The van der Waals surface area contributed by atoms with Gasteiger partial charge < -0.3 is 5.32 Å². The molecule has 1 unspecified atom stereocenters. The number of hydrogen-bond acceptors (Lipinski definition) is 2. The summed E-state index contributed by atoms with van der Waals surface area (Å²) >= 11 is 3.75. The first-order valence-corrected chi connectivity index (χ1v) is 8.78. The van der Waals surface area contributed by atoms with Gasteiger partial charge in [0.2, 0.25) is 0 Å². The molecule has 20 heavy (non-hydrogen) atoms. The standard InChI is InChI=1S/C16H26BrN3/c1-4-20-14(15(17)11(2)19-20)9-16(3,12-5-6-12)10-18-13-7-8-13/h12-13,18H,4-10H2,1-3H3. The SMILES string of the molecule is CCn1nc(C)c(Br)c1CC(C)(CNC1CC1)C1CC1. The molecule has 0 aromatic carbocycles. The van der Waals surface area contributed by atoms with E-state index in [0.717, 1.165) is 37.2 Å². The van der Waals surface area contributed by atoms with Crippen LogP contribution in [0.1, 0.15) is 50.9 Å². The summed E-state index contributed by atoms with van der Waals surface area (Å²) in [6, 6.07) is 0.800. The summed E-state index contributed by atoms with van der Waals surface area (Å²) in [5.41, 5.74) is 2.89. The number of halogens is 1. The highest BCUT2D eigenvalue weighted by Gasteiger charge is 2.43. The lowest BCUT2D eigenvalue weighted by Gasteiger charge is -2.31. The van der Waals surface area contributed by atoms with Crippen molar-refractivity contribution in [3.8, 4) is 0 Å². The Morgan fingerprint density at radius 3 is 2.60 bits per heavy atom. The second-order valence-electron chi connectivity index (χ2n) is 6.92. The molecule has 0 aliphatic heterocycles. The van der Waals surface area contributed by atoms with Crippen LogP contribution in [-0.2, 0) is 13.0 Å². The van der Waals surface area contributed by atoms with Gasteiger partial charge in [-0.1, -0.05) is 6.92 Å². The monoisotopic (exact) mass is 339 g/mol. The maximum Gasteiger partial charge on any atom is 0.0738 e. The summed E-state index contributed by atoms with van der Waals surface area (Å²) in [4.78, 5) is 0. The molecule has 0 radical (unpaired) electrons. The van der Waals surface area contributed by atoms with Crippen molar-refractivity contribution in [2.45, 2.75) is 65.5 Å². The molecule has 0 bridgehead atoms. The number of nitrogens with one attached hydrogen (secondary N) is 1. The molecule has 1 aromatic heterocycles. The average molecular weight is 340 g/mol. The third-order valence-electron chi connectivity index (χ3n) is 4.96. The second-order valence-corrected chi connectivity index (χ2v) is 7.72. The van der Waals surface area contributed by atoms with Crippen molar-refractivity contribution < 1.29 is 0 Å². The number of rotatable bonds is 7. The number of aryl methyl sites for hydroxylation is 2. The van der Waals surface area contributed by atoms with E-state index in [2.05, 4.69) is 51.8 Å². The Bertz CT molecular complexity index is 488. The predicted molar refractivity (Wildman–Crippen MR) is 85.9 cm³/mol. The van der Waals surface area contributed by atoms with Crippen LogP contribution in [0.3, 0.4) is 0 Å². The molecular weight excluding hydrogens is 314 g/mol. The first-order valence-electron chi connectivity index (χ1n) is 7.98. The lowest BCUT2D eigenvalue weighted by molar-refractivity contribution is 0.248. The summed E-state index contributed by atoms with van der Waals surface area (Å²) < 4.78 is 3.40. The van der Waals surface area contributed by atoms with Gasteiger partial charge in [-0.2, -0.15) is 5.10 Å². The summed E-state index contributed by atoms with van der Waals surface area (Å²) in [5.74, 6) is 0.890. The first-order chi connectivity index (χ1) is 9.53. The van der Waals surface area contributed by atoms with Gasteiger partial charge in [-0.15, -0.1) is 0 Å². The number of aromatic nitrogens is 2. The molecule has 2 aliphatic carbocycles. The molecule has 1 N–H and O–H groups in total. The highest BCUT2D eigenvalue weighted by atomic mass is 79.9. The topological polar surface area (TPSA) is 29.9 Å². The summed E-state index contributed by atoms with van der Waals surface area (Å²) in [5, 5.41) is 8.41. The van der Waals surface area contributed by atoms with Crippen molar-refractivity contribution in [1.29, 1.82) is 0 Å². The zero-order chi connectivity index (χ0) is 14.3. The van der Waals surface area contributed by atoms with E-state index in [1.54, 1.807) is 0 Å². The van der Waals surface area contributed by atoms with Crippen LogP contribution < -0.4 is 5.32 Å². The normalized spacial score (nSPS) is 22.0. The highest BCUT2D eigenvalue weighted by Crippen LogP contribution is 2.48. The van der Waals surface area contributed by atoms with Gasteiger partial charge >= 0.3 is 0 Å². The molecule has 0 amide bonds. The molecule has 3 nitrogen and oxygen atoms in total. The van der Waals surface area contributed by atoms with E-state index in [1.165, 1.54) is 35.8 Å². The van der Waals surface area contributed by atoms with Crippen LogP contribution in [0.4, 0.5) is 0 Å². The minimum atomic E-state index is 0.379. The number of hydrogen-bond donors (Lipinski definition) is 1. The lowest BCUT2D eigenvalue weighted by atomic mass is 9.80. The van der Waals surface area contributed by atoms with Gasteiger partial charge in [0.25, 0.3) is 0 Å². The van der Waals surface area contributed by atoms with Gasteiger partial charge in [0.1, 0.15) is 0 Å². The maximum absolute atomic E-state index is 4.65. The van der Waals surface area contributed by atoms with Gasteiger partial charge in [0, 0.05) is 19.1 Å². The van der Waals surface area contributed by atoms with E-state index in [1.807, 2.05) is 0 Å². The maximum atomic E-state index is 4.65. The van der Waals surface area contributed by atoms with Crippen LogP contribution in [0.2, 0.25) is 0 Å². The van der Waals surface area contributed by atoms with Gasteiger partial charge in [0.15, 0.2) is 0 Å². The predicted octanol–water partition coefficient (Wildman–Crippen LogP) is 3.68. The van der Waals surface area contributed by atoms with Crippen LogP contribution in [0.25, 0.3) is 0 Å². The molecule has 2 fully saturated rings. The van der Waals surface area contributed by atoms with E-state index in [-0.39, 0.29) is 0 Å². The molecule has 1 atom stereocenters. The Hall–Kier alpha value is -0.350. The molecule has 0 spiro atoms. The van der Waals surface area contributed by atoms with Crippen molar-refractivity contribution in [2.75, 3.05) is 6.54 Å². The van der Waals surface area contributed by atoms with Crippen molar-refractivity contribution >= 4 is 15.9 Å². The van der Waals surface area contributed by atoms with Crippen molar-refractivity contribution in [2.24, 2.45) is 11.3 Å². The Labute approximate surface area is 130 Å². The molecular formula is C16H26BrN3. The van der Waals surface area contributed by atoms with Gasteiger partial charge in [-0.25, -0.2) is 0 Å². The highest BCUT2D eigenvalue weighted by molar-refractivity contribution is 9.10. The van der Waals surface area contributed by atoms with Crippen molar-refractivity contribution in [1.82, 2.24) is 15.1 Å². The molecule has 112 valence electrons. The van der Waals surface area contributed by atoms with Gasteiger partial charge in [0.05, 0.1) is 15.9 Å². The largest absolute Gasteiger partial charge is 0.313 e. The fourth-order valence-corrected chi connectivity index (χ4v) is 3.64. The van der Waals surface area contributed by atoms with Crippen molar-refractivity contribution in [3.63, 3.8) is 0 Å². The smallest absolute Gasteiger partial charge is 0.0738 e. The van der Waals surface area contributed by atoms with Crippen LogP contribution >= 0.6 is 15.9 Å². The minimum absolute atomic E-state index is 0.379. The van der Waals surface area contributed by atoms with Crippen LogP contribution in [0.5, 0.6) is 0 Å². The van der Waals surface area contributed by atoms with E-state index < -0.39 is 0 Å². The summed E-state index contributed by atoms with van der Waals surface area (Å²) in [6.07, 6.45) is 6.68. The molecule has 1 heterocycles. The van der Waals surface area contributed by atoms with E-state index >= 15 is 0 Å². The third kappa shape index (κ3) is 2.96. The molecule has 1 aromatic rings. The Morgan fingerprint density at radius 2 is 2.05 bits per heavy atom.